The van der Waals surface area contributed by atoms with E-state index in [1.54, 1.807) is 19.0 Å². The van der Waals surface area contributed by atoms with Crippen molar-refractivity contribution in [3.63, 3.8) is 0 Å². The molecule has 2 aliphatic carbocycles. The highest BCUT2D eigenvalue weighted by Crippen LogP contribution is 2.46. The third-order valence-corrected chi connectivity index (χ3v) is 8.31. The van der Waals surface area contributed by atoms with E-state index in [4.69, 9.17) is 23.2 Å². The van der Waals surface area contributed by atoms with Gasteiger partial charge in [0.25, 0.3) is 0 Å². The van der Waals surface area contributed by atoms with Gasteiger partial charge in [0.05, 0.1) is 15.7 Å². The first-order valence-electron chi connectivity index (χ1n) is 11.8. The average molecular weight is 467 g/mol. The van der Waals surface area contributed by atoms with Crippen LogP contribution in [0.2, 0.25) is 10.0 Å². The molecular formula is C24H36Cl2N4O. The molecule has 0 aromatic heterocycles. The lowest BCUT2D eigenvalue weighted by Gasteiger charge is -2.35. The standard InChI is InChI=1S/C24H36Cl2N4O/c1-28(2)23(31)27-19-9-7-18(8-10-19)11-16-30-15-4-14-29(17-24(30)12-13-24)21-6-3-5-20(25)22(21)26/h3,5-6,18-19H,4,7-17H2,1-2H3,(H,27,31). The zero-order valence-corrected chi connectivity index (χ0v) is 20.4. The summed E-state index contributed by atoms with van der Waals surface area (Å²) in [6.45, 7) is 4.45. The summed E-state index contributed by atoms with van der Waals surface area (Å²) in [5.74, 6) is 0.782. The van der Waals surface area contributed by atoms with Gasteiger partial charge >= 0.3 is 6.03 Å². The van der Waals surface area contributed by atoms with E-state index in [-0.39, 0.29) is 6.03 Å². The Morgan fingerprint density at radius 3 is 2.58 bits per heavy atom. The fraction of sp³-hybridized carbons (Fsp3) is 0.708. The van der Waals surface area contributed by atoms with E-state index in [2.05, 4.69) is 21.2 Å². The number of urea groups is 1. The van der Waals surface area contributed by atoms with Crippen LogP contribution in [0.1, 0.15) is 51.4 Å². The summed E-state index contributed by atoms with van der Waals surface area (Å²) in [5, 5.41) is 4.48. The van der Waals surface area contributed by atoms with Gasteiger partial charge in [-0.25, -0.2) is 4.79 Å². The van der Waals surface area contributed by atoms with Gasteiger partial charge in [-0.1, -0.05) is 29.3 Å². The molecule has 5 nitrogen and oxygen atoms in total. The zero-order chi connectivity index (χ0) is 22.0. The Kier molecular flexibility index (Phi) is 7.24. The van der Waals surface area contributed by atoms with Crippen LogP contribution in [-0.4, -0.2) is 67.7 Å². The summed E-state index contributed by atoms with van der Waals surface area (Å²) in [7, 11) is 3.61. The van der Waals surface area contributed by atoms with E-state index in [0.29, 0.717) is 21.6 Å². The van der Waals surface area contributed by atoms with Crippen molar-refractivity contribution >= 4 is 34.9 Å². The lowest BCUT2D eigenvalue weighted by atomic mass is 9.84. The van der Waals surface area contributed by atoms with Gasteiger partial charge < -0.3 is 15.1 Å². The van der Waals surface area contributed by atoms with E-state index in [1.807, 2.05) is 12.1 Å². The smallest absolute Gasteiger partial charge is 0.317 e. The highest BCUT2D eigenvalue weighted by atomic mass is 35.5. The normalized spacial score (nSPS) is 25.9. The summed E-state index contributed by atoms with van der Waals surface area (Å²) in [4.78, 5) is 18.7. The average Bonchev–Trinajstić information content (AvgIpc) is 3.55. The van der Waals surface area contributed by atoms with Gasteiger partial charge in [0.15, 0.2) is 0 Å². The van der Waals surface area contributed by atoms with Gasteiger partial charge in [0, 0.05) is 45.3 Å². The molecule has 4 rings (SSSR count). The maximum Gasteiger partial charge on any atom is 0.317 e. The van der Waals surface area contributed by atoms with Crippen LogP contribution in [-0.2, 0) is 0 Å². The minimum Gasteiger partial charge on any atom is -0.368 e. The predicted octanol–water partition coefficient (Wildman–Crippen LogP) is 5.26. The molecule has 31 heavy (non-hydrogen) atoms. The summed E-state index contributed by atoms with van der Waals surface area (Å²) in [6.07, 6.45) is 9.66. The van der Waals surface area contributed by atoms with Crippen LogP contribution >= 0.6 is 23.2 Å². The van der Waals surface area contributed by atoms with Gasteiger partial charge in [0.2, 0.25) is 0 Å². The van der Waals surface area contributed by atoms with Crippen molar-refractivity contribution in [2.75, 3.05) is 45.2 Å². The number of hydrogen-bond donors (Lipinski definition) is 1. The largest absolute Gasteiger partial charge is 0.368 e. The Morgan fingerprint density at radius 1 is 1.16 bits per heavy atom. The Balaban J connectivity index is 1.29. The topological polar surface area (TPSA) is 38.8 Å². The molecule has 7 heteroatoms. The van der Waals surface area contributed by atoms with Crippen molar-refractivity contribution in [2.45, 2.75) is 62.9 Å². The van der Waals surface area contributed by atoms with Crippen molar-refractivity contribution in [1.29, 1.82) is 0 Å². The lowest BCUT2D eigenvalue weighted by molar-refractivity contribution is 0.164. The van der Waals surface area contributed by atoms with Crippen LogP contribution in [0.5, 0.6) is 0 Å². The van der Waals surface area contributed by atoms with E-state index in [9.17, 15) is 4.79 Å². The summed E-state index contributed by atoms with van der Waals surface area (Å²) < 4.78 is 0. The number of rotatable bonds is 5. The van der Waals surface area contributed by atoms with Crippen LogP contribution in [0, 0.1) is 5.92 Å². The molecule has 0 atom stereocenters. The van der Waals surface area contributed by atoms with Crippen LogP contribution < -0.4 is 10.2 Å². The summed E-state index contributed by atoms with van der Waals surface area (Å²) in [5.41, 5.74) is 1.40. The molecule has 1 aromatic carbocycles. The molecule has 2 amide bonds. The molecule has 3 aliphatic rings. The minimum atomic E-state index is 0.0352. The summed E-state index contributed by atoms with van der Waals surface area (Å²) in [6, 6.07) is 6.35. The molecule has 1 saturated heterocycles. The van der Waals surface area contributed by atoms with Crippen molar-refractivity contribution in [2.24, 2.45) is 5.92 Å². The fourth-order valence-electron chi connectivity index (χ4n) is 5.37. The van der Waals surface area contributed by atoms with Gasteiger partial charge in [0.1, 0.15) is 0 Å². The van der Waals surface area contributed by atoms with Gasteiger partial charge in [-0.2, -0.15) is 0 Å². The van der Waals surface area contributed by atoms with E-state index in [1.165, 1.54) is 45.2 Å². The van der Waals surface area contributed by atoms with Crippen LogP contribution in [0.4, 0.5) is 10.5 Å². The molecular weight excluding hydrogens is 431 g/mol. The molecule has 1 spiro atoms. The SMILES string of the molecule is CN(C)C(=O)NC1CCC(CCN2CCCN(c3cccc(Cl)c3Cl)CC23CC3)CC1. The van der Waals surface area contributed by atoms with E-state index < -0.39 is 0 Å². The highest BCUT2D eigenvalue weighted by Gasteiger charge is 2.50. The number of carbonyl (C=O) groups is 1. The van der Waals surface area contributed by atoms with Crippen LogP contribution in [0.25, 0.3) is 0 Å². The number of hydrogen-bond acceptors (Lipinski definition) is 3. The maximum absolute atomic E-state index is 11.9. The Bertz CT molecular complexity index is 775. The predicted molar refractivity (Wildman–Crippen MR) is 129 cm³/mol. The van der Waals surface area contributed by atoms with Crippen molar-refractivity contribution in [1.82, 2.24) is 15.1 Å². The number of amides is 2. The second kappa shape index (κ2) is 9.76. The van der Waals surface area contributed by atoms with Gasteiger partial charge in [-0.3, -0.25) is 4.90 Å². The first kappa shape index (κ1) is 23.0. The second-order valence-electron chi connectivity index (χ2n) is 9.91. The first-order valence-corrected chi connectivity index (χ1v) is 12.6. The number of nitrogens with one attached hydrogen (secondary N) is 1. The highest BCUT2D eigenvalue weighted by molar-refractivity contribution is 6.43. The molecule has 0 unspecified atom stereocenters. The maximum atomic E-state index is 11.9. The quantitative estimate of drug-likeness (QED) is 0.642. The Labute approximate surface area is 197 Å². The molecule has 172 valence electrons. The second-order valence-corrected chi connectivity index (χ2v) is 10.7. The molecule has 1 N–H and O–H groups in total. The molecule has 1 aromatic rings. The van der Waals surface area contributed by atoms with Crippen LogP contribution in [0.15, 0.2) is 18.2 Å². The third kappa shape index (κ3) is 5.43. The van der Waals surface area contributed by atoms with Crippen molar-refractivity contribution < 1.29 is 4.79 Å². The molecule has 1 heterocycles. The van der Waals surface area contributed by atoms with Crippen molar-refractivity contribution in [3.8, 4) is 0 Å². The number of nitrogens with zero attached hydrogens (tertiary/aromatic N) is 3. The third-order valence-electron chi connectivity index (χ3n) is 7.50. The summed E-state index contributed by atoms with van der Waals surface area (Å²) >= 11 is 12.8. The van der Waals surface area contributed by atoms with E-state index in [0.717, 1.165) is 44.0 Å². The molecule has 1 aliphatic heterocycles. The number of benzene rings is 1. The van der Waals surface area contributed by atoms with Crippen LogP contribution in [0.3, 0.4) is 0 Å². The molecule has 0 radical (unpaired) electrons. The number of halogens is 2. The Hall–Kier alpha value is -1.17. The fourth-order valence-corrected chi connectivity index (χ4v) is 5.79. The lowest BCUT2D eigenvalue weighted by Crippen LogP contribution is -2.45. The molecule has 2 saturated carbocycles. The number of carbonyl (C=O) groups excluding carboxylic acids is 1. The van der Waals surface area contributed by atoms with Gasteiger partial charge in [-0.05, 0) is 76.0 Å². The number of anilines is 1. The zero-order valence-electron chi connectivity index (χ0n) is 18.9. The Morgan fingerprint density at radius 2 is 1.90 bits per heavy atom. The first-order chi connectivity index (χ1) is 14.9. The van der Waals surface area contributed by atoms with Crippen molar-refractivity contribution in [3.05, 3.63) is 28.2 Å². The minimum absolute atomic E-state index is 0.0352. The monoisotopic (exact) mass is 466 g/mol. The molecule has 3 fully saturated rings. The molecule has 0 bridgehead atoms. The van der Waals surface area contributed by atoms with E-state index >= 15 is 0 Å². The van der Waals surface area contributed by atoms with Gasteiger partial charge in [-0.15, -0.1) is 0 Å².